The molecule has 0 radical (unpaired) electrons. The fourth-order valence-electron chi connectivity index (χ4n) is 4.62. The number of hydrogen-bond donors (Lipinski definition) is 2. The third-order valence-electron chi connectivity index (χ3n) is 5.41. The van der Waals surface area contributed by atoms with Gasteiger partial charge in [-0.1, -0.05) is 18.2 Å². The zero-order valence-electron chi connectivity index (χ0n) is 16.9. The van der Waals surface area contributed by atoms with E-state index in [1.54, 1.807) is 4.90 Å². The van der Waals surface area contributed by atoms with Crippen molar-refractivity contribution in [3.05, 3.63) is 30.3 Å². The summed E-state index contributed by atoms with van der Waals surface area (Å²) in [5, 5.41) is 6.58. The second-order valence-corrected chi connectivity index (χ2v) is 9.09. The second-order valence-electron chi connectivity index (χ2n) is 9.09. The number of piperazine rings is 1. The summed E-state index contributed by atoms with van der Waals surface area (Å²) in [5.41, 5.74) is 1.03. The Hall–Kier alpha value is -2.08. The Morgan fingerprint density at radius 1 is 0.963 bits per heavy atom. The second kappa shape index (κ2) is 7.50. The molecular weight excluding hydrogens is 340 g/mol. The first kappa shape index (κ1) is 19.7. The Morgan fingerprint density at radius 3 is 2.07 bits per heavy atom. The standard InChI is InChI=1S/C21H32N4O2/c1-20(2)14-16(15-21(3,4)23-20)22-18(26)19(27)25-12-10-24(11-13-25)17-8-6-5-7-9-17/h5-9,16,23H,10-15H2,1-4H3,(H,22,26). The van der Waals surface area contributed by atoms with Gasteiger partial charge < -0.3 is 20.4 Å². The summed E-state index contributed by atoms with van der Waals surface area (Å²) < 4.78 is 0. The van der Waals surface area contributed by atoms with Crippen molar-refractivity contribution in [1.29, 1.82) is 0 Å². The smallest absolute Gasteiger partial charge is 0.312 e. The molecule has 0 spiro atoms. The highest BCUT2D eigenvalue weighted by atomic mass is 16.2. The molecule has 6 heteroatoms. The van der Waals surface area contributed by atoms with Crippen LogP contribution in [0.3, 0.4) is 0 Å². The van der Waals surface area contributed by atoms with E-state index in [4.69, 9.17) is 0 Å². The maximum atomic E-state index is 12.6. The molecule has 2 aliphatic rings. The minimum absolute atomic E-state index is 0.0123. The first-order chi connectivity index (χ1) is 12.7. The first-order valence-corrected chi connectivity index (χ1v) is 9.84. The third-order valence-corrected chi connectivity index (χ3v) is 5.41. The number of hydrogen-bond acceptors (Lipinski definition) is 4. The zero-order valence-corrected chi connectivity index (χ0v) is 16.9. The monoisotopic (exact) mass is 372 g/mol. The summed E-state index contributed by atoms with van der Waals surface area (Å²) in [6.45, 7) is 11.2. The minimum Gasteiger partial charge on any atom is -0.368 e. The predicted octanol–water partition coefficient (Wildman–Crippen LogP) is 1.76. The Labute approximate surface area is 162 Å². The van der Waals surface area contributed by atoms with Crippen molar-refractivity contribution in [3.63, 3.8) is 0 Å². The number of nitrogens with one attached hydrogen (secondary N) is 2. The van der Waals surface area contributed by atoms with Crippen molar-refractivity contribution in [3.8, 4) is 0 Å². The normalized spacial score (nSPS) is 22.4. The van der Waals surface area contributed by atoms with E-state index in [-0.39, 0.29) is 17.1 Å². The Kier molecular flexibility index (Phi) is 5.47. The zero-order chi connectivity index (χ0) is 19.7. The maximum absolute atomic E-state index is 12.6. The molecule has 0 bridgehead atoms. The number of anilines is 1. The number of rotatable bonds is 2. The number of benzene rings is 1. The molecule has 2 heterocycles. The lowest BCUT2D eigenvalue weighted by molar-refractivity contribution is -0.146. The lowest BCUT2D eigenvalue weighted by Gasteiger charge is -2.46. The fourth-order valence-corrected chi connectivity index (χ4v) is 4.62. The van der Waals surface area contributed by atoms with E-state index >= 15 is 0 Å². The number of amides is 2. The Morgan fingerprint density at radius 2 is 1.52 bits per heavy atom. The van der Waals surface area contributed by atoms with Gasteiger partial charge in [-0.3, -0.25) is 9.59 Å². The molecule has 3 rings (SSSR count). The molecule has 2 aliphatic heterocycles. The van der Waals surface area contributed by atoms with Gasteiger partial charge >= 0.3 is 11.8 Å². The summed E-state index contributed by atoms with van der Waals surface area (Å²) in [7, 11) is 0. The molecule has 2 saturated heterocycles. The fraction of sp³-hybridized carbons (Fsp3) is 0.619. The molecule has 0 aromatic heterocycles. The van der Waals surface area contributed by atoms with E-state index in [2.05, 4.69) is 55.4 Å². The number of para-hydroxylation sites is 1. The van der Waals surface area contributed by atoms with Gasteiger partial charge in [-0.05, 0) is 52.7 Å². The van der Waals surface area contributed by atoms with E-state index in [0.29, 0.717) is 13.1 Å². The SMILES string of the molecule is CC1(C)CC(NC(=O)C(=O)N2CCN(c3ccccc3)CC2)CC(C)(C)N1. The average molecular weight is 373 g/mol. The lowest BCUT2D eigenvalue weighted by Crippen LogP contribution is -2.63. The molecule has 0 atom stereocenters. The molecule has 1 aromatic rings. The van der Waals surface area contributed by atoms with Crippen molar-refractivity contribution in [2.45, 2.75) is 57.7 Å². The number of piperidine rings is 1. The van der Waals surface area contributed by atoms with Crippen molar-refractivity contribution in [2.75, 3.05) is 31.1 Å². The quantitative estimate of drug-likeness (QED) is 0.777. The molecule has 2 amide bonds. The van der Waals surface area contributed by atoms with Gasteiger partial charge in [0.05, 0.1) is 0 Å². The van der Waals surface area contributed by atoms with Crippen molar-refractivity contribution in [1.82, 2.24) is 15.5 Å². The number of nitrogens with zero attached hydrogens (tertiary/aromatic N) is 2. The maximum Gasteiger partial charge on any atom is 0.312 e. The molecule has 148 valence electrons. The molecule has 1 aromatic carbocycles. The highest BCUT2D eigenvalue weighted by Crippen LogP contribution is 2.28. The predicted molar refractivity (Wildman–Crippen MR) is 108 cm³/mol. The summed E-state index contributed by atoms with van der Waals surface area (Å²) in [6.07, 6.45) is 1.63. The Balaban J connectivity index is 1.53. The Bertz CT molecular complexity index is 663. The molecular formula is C21H32N4O2. The van der Waals surface area contributed by atoms with Crippen LogP contribution in [0.15, 0.2) is 30.3 Å². The van der Waals surface area contributed by atoms with Crippen molar-refractivity contribution in [2.24, 2.45) is 0 Å². The van der Waals surface area contributed by atoms with Gasteiger partial charge in [0, 0.05) is 49.0 Å². The highest BCUT2D eigenvalue weighted by Gasteiger charge is 2.39. The minimum atomic E-state index is -0.471. The van der Waals surface area contributed by atoms with Crippen LogP contribution in [-0.2, 0) is 9.59 Å². The topological polar surface area (TPSA) is 64.7 Å². The van der Waals surface area contributed by atoms with Gasteiger partial charge in [-0.2, -0.15) is 0 Å². The first-order valence-electron chi connectivity index (χ1n) is 9.84. The highest BCUT2D eigenvalue weighted by molar-refractivity contribution is 6.35. The average Bonchev–Trinajstić information content (AvgIpc) is 2.59. The summed E-state index contributed by atoms with van der Waals surface area (Å²) in [6, 6.07) is 10.2. The molecule has 6 nitrogen and oxygen atoms in total. The van der Waals surface area contributed by atoms with Crippen LogP contribution in [0.4, 0.5) is 5.69 Å². The largest absolute Gasteiger partial charge is 0.368 e. The summed E-state index contributed by atoms with van der Waals surface area (Å²) in [4.78, 5) is 29.1. The molecule has 0 aliphatic carbocycles. The van der Waals surface area contributed by atoms with Crippen LogP contribution in [0.1, 0.15) is 40.5 Å². The van der Waals surface area contributed by atoms with Crippen LogP contribution in [0, 0.1) is 0 Å². The third kappa shape index (κ3) is 5.01. The van der Waals surface area contributed by atoms with Gasteiger partial charge in [-0.25, -0.2) is 0 Å². The van der Waals surface area contributed by atoms with Crippen molar-refractivity contribution < 1.29 is 9.59 Å². The molecule has 0 saturated carbocycles. The van der Waals surface area contributed by atoms with Crippen LogP contribution in [0.5, 0.6) is 0 Å². The van der Waals surface area contributed by atoms with Crippen LogP contribution in [0.25, 0.3) is 0 Å². The number of carbonyl (C=O) groups excluding carboxylic acids is 2. The van der Waals surface area contributed by atoms with Crippen LogP contribution >= 0.6 is 0 Å². The summed E-state index contributed by atoms with van der Waals surface area (Å²) >= 11 is 0. The van der Waals surface area contributed by atoms with Gasteiger partial charge in [0.15, 0.2) is 0 Å². The van der Waals surface area contributed by atoms with Gasteiger partial charge in [-0.15, -0.1) is 0 Å². The van der Waals surface area contributed by atoms with E-state index in [1.807, 2.05) is 18.2 Å². The van der Waals surface area contributed by atoms with E-state index in [0.717, 1.165) is 31.6 Å². The van der Waals surface area contributed by atoms with E-state index in [1.165, 1.54) is 0 Å². The van der Waals surface area contributed by atoms with Gasteiger partial charge in [0.2, 0.25) is 0 Å². The summed E-state index contributed by atoms with van der Waals surface area (Å²) in [5.74, 6) is -0.876. The van der Waals surface area contributed by atoms with Crippen LogP contribution in [-0.4, -0.2) is 60.0 Å². The molecule has 2 N–H and O–H groups in total. The molecule has 27 heavy (non-hydrogen) atoms. The van der Waals surface area contributed by atoms with Crippen LogP contribution in [0.2, 0.25) is 0 Å². The van der Waals surface area contributed by atoms with E-state index < -0.39 is 11.8 Å². The van der Waals surface area contributed by atoms with E-state index in [9.17, 15) is 9.59 Å². The van der Waals surface area contributed by atoms with Crippen molar-refractivity contribution >= 4 is 17.5 Å². The lowest BCUT2D eigenvalue weighted by atomic mass is 9.79. The number of carbonyl (C=O) groups is 2. The van der Waals surface area contributed by atoms with Crippen LogP contribution < -0.4 is 15.5 Å². The van der Waals surface area contributed by atoms with Gasteiger partial charge in [0.25, 0.3) is 0 Å². The molecule has 2 fully saturated rings. The molecule has 0 unspecified atom stereocenters. The van der Waals surface area contributed by atoms with Gasteiger partial charge in [0.1, 0.15) is 0 Å².